The van der Waals surface area contributed by atoms with Crippen molar-refractivity contribution in [1.82, 2.24) is 20.2 Å². The first kappa shape index (κ1) is 12.0. The lowest BCUT2D eigenvalue weighted by Gasteiger charge is -2.10. The number of tetrazole rings is 1. The summed E-state index contributed by atoms with van der Waals surface area (Å²) in [4.78, 5) is 0. The van der Waals surface area contributed by atoms with Crippen LogP contribution < -0.4 is 5.73 Å². The molecule has 2 aromatic rings. The minimum atomic E-state index is -0.468. The molecule has 1 aliphatic heterocycles. The Balaban J connectivity index is 1.87. The van der Waals surface area contributed by atoms with Gasteiger partial charge in [-0.2, -0.15) is 0 Å². The number of nitrogens with two attached hydrogens (primary N) is 1. The fourth-order valence-corrected chi connectivity index (χ4v) is 2.18. The molecule has 1 saturated heterocycles. The third kappa shape index (κ3) is 2.41. The van der Waals surface area contributed by atoms with Gasteiger partial charge in [-0.3, -0.25) is 0 Å². The van der Waals surface area contributed by atoms with E-state index >= 15 is 0 Å². The Hall–Kier alpha value is -2.02. The summed E-state index contributed by atoms with van der Waals surface area (Å²) < 4.78 is 20.7. The summed E-state index contributed by atoms with van der Waals surface area (Å²) in [6.45, 7) is 1.35. The Morgan fingerprint density at radius 3 is 3.11 bits per heavy atom. The van der Waals surface area contributed by atoms with E-state index < -0.39 is 5.82 Å². The molecule has 7 heteroatoms. The van der Waals surface area contributed by atoms with Crippen LogP contribution in [0.2, 0.25) is 0 Å². The number of nitrogen functional groups attached to an aromatic ring is 1. The van der Waals surface area contributed by atoms with Crippen molar-refractivity contribution in [2.24, 2.45) is 0 Å². The van der Waals surface area contributed by atoms with E-state index in [0.29, 0.717) is 17.9 Å². The van der Waals surface area contributed by atoms with E-state index in [1.807, 2.05) is 0 Å². The molecule has 1 aromatic heterocycles. The van der Waals surface area contributed by atoms with Gasteiger partial charge in [-0.05, 0) is 41.5 Å². The first-order valence-electron chi connectivity index (χ1n) is 6.17. The molecule has 1 aromatic carbocycles. The van der Waals surface area contributed by atoms with Crippen molar-refractivity contribution in [2.45, 2.75) is 25.5 Å². The molecule has 0 radical (unpaired) electrons. The van der Waals surface area contributed by atoms with E-state index in [2.05, 4.69) is 15.5 Å². The molecule has 6 nitrogen and oxygen atoms in total. The van der Waals surface area contributed by atoms with Gasteiger partial charge in [0.05, 0.1) is 18.3 Å². The summed E-state index contributed by atoms with van der Waals surface area (Å²) in [5, 5.41) is 11.5. The Morgan fingerprint density at radius 1 is 1.47 bits per heavy atom. The number of rotatable bonds is 3. The standard InChI is InChI=1S/C12H14FN5O/c13-10-6-8(3-4-11(10)14)12-15-16-17-18(12)7-9-2-1-5-19-9/h3-4,6,9H,1-2,5,7,14H2. The van der Waals surface area contributed by atoms with Crippen LogP contribution in [0.25, 0.3) is 11.4 Å². The predicted molar refractivity (Wildman–Crippen MR) is 66.6 cm³/mol. The average Bonchev–Trinajstić information content (AvgIpc) is 3.05. The normalized spacial score (nSPS) is 18.9. The fraction of sp³-hybridized carbons (Fsp3) is 0.417. The molecular formula is C12H14FN5O. The van der Waals surface area contributed by atoms with Crippen LogP contribution in [0.4, 0.5) is 10.1 Å². The number of benzene rings is 1. The molecule has 1 atom stereocenters. The zero-order chi connectivity index (χ0) is 13.2. The predicted octanol–water partition coefficient (Wildman–Crippen LogP) is 1.24. The lowest BCUT2D eigenvalue weighted by Crippen LogP contribution is -2.17. The highest BCUT2D eigenvalue weighted by Gasteiger charge is 2.19. The van der Waals surface area contributed by atoms with Gasteiger partial charge in [0.1, 0.15) is 5.82 Å². The second-order valence-electron chi connectivity index (χ2n) is 4.56. The summed E-state index contributed by atoms with van der Waals surface area (Å²) in [5.74, 6) is 0.0542. The molecule has 19 heavy (non-hydrogen) atoms. The lowest BCUT2D eigenvalue weighted by atomic mass is 10.2. The minimum absolute atomic E-state index is 0.113. The molecule has 0 aliphatic carbocycles. The van der Waals surface area contributed by atoms with Gasteiger partial charge in [0.2, 0.25) is 0 Å². The van der Waals surface area contributed by atoms with Gasteiger partial charge in [-0.1, -0.05) is 0 Å². The van der Waals surface area contributed by atoms with Crippen molar-refractivity contribution in [2.75, 3.05) is 12.3 Å². The van der Waals surface area contributed by atoms with Crippen LogP contribution in [0.15, 0.2) is 18.2 Å². The number of aromatic nitrogens is 4. The molecule has 100 valence electrons. The summed E-state index contributed by atoms with van der Waals surface area (Å²) in [7, 11) is 0. The number of anilines is 1. The highest BCUT2D eigenvalue weighted by molar-refractivity contribution is 5.59. The van der Waals surface area contributed by atoms with Gasteiger partial charge in [-0.15, -0.1) is 5.10 Å². The third-order valence-corrected chi connectivity index (χ3v) is 3.19. The molecule has 1 aliphatic rings. The van der Waals surface area contributed by atoms with Crippen molar-refractivity contribution in [3.05, 3.63) is 24.0 Å². The van der Waals surface area contributed by atoms with Crippen LogP contribution in [0.3, 0.4) is 0 Å². The number of hydrogen-bond acceptors (Lipinski definition) is 5. The Kier molecular flexibility index (Phi) is 3.12. The molecule has 3 rings (SSSR count). The molecule has 0 bridgehead atoms. The molecule has 0 saturated carbocycles. The molecule has 0 amide bonds. The van der Waals surface area contributed by atoms with Crippen molar-refractivity contribution < 1.29 is 9.13 Å². The second-order valence-corrected chi connectivity index (χ2v) is 4.56. The fourth-order valence-electron chi connectivity index (χ4n) is 2.18. The van der Waals surface area contributed by atoms with Gasteiger partial charge < -0.3 is 10.5 Å². The average molecular weight is 263 g/mol. The van der Waals surface area contributed by atoms with E-state index in [0.717, 1.165) is 19.4 Å². The molecule has 1 unspecified atom stereocenters. The molecular weight excluding hydrogens is 249 g/mol. The zero-order valence-corrected chi connectivity index (χ0v) is 10.3. The lowest BCUT2D eigenvalue weighted by molar-refractivity contribution is 0.0939. The largest absolute Gasteiger partial charge is 0.396 e. The smallest absolute Gasteiger partial charge is 0.182 e. The van der Waals surface area contributed by atoms with Gasteiger partial charge in [0.25, 0.3) is 0 Å². The first-order chi connectivity index (χ1) is 9.24. The maximum Gasteiger partial charge on any atom is 0.182 e. The van der Waals surface area contributed by atoms with E-state index in [4.69, 9.17) is 10.5 Å². The summed E-state index contributed by atoms with van der Waals surface area (Å²) in [5.41, 5.74) is 6.18. The van der Waals surface area contributed by atoms with Crippen molar-refractivity contribution in [3.63, 3.8) is 0 Å². The Bertz CT molecular complexity index is 579. The topological polar surface area (TPSA) is 78.9 Å². The second kappa shape index (κ2) is 4.93. The summed E-state index contributed by atoms with van der Waals surface area (Å²) in [6, 6.07) is 4.55. The van der Waals surface area contributed by atoms with Crippen LogP contribution in [0, 0.1) is 5.82 Å². The van der Waals surface area contributed by atoms with Crippen LogP contribution in [-0.2, 0) is 11.3 Å². The van der Waals surface area contributed by atoms with Crippen LogP contribution in [0.5, 0.6) is 0 Å². The van der Waals surface area contributed by atoms with Crippen LogP contribution in [0.1, 0.15) is 12.8 Å². The highest BCUT2D eigenvalue weighted by Crippen LogP contribution is 2.22. The zero-order valence-electron chi connectivity index (χ0n) is 10.3. The summed E-state index contributed by atoms with van der Waals surface area (Å²) in [6.07, 6.45) is 2.18. The third-order valence-electron chi connectivity index (χ3n) is 3.19. The maximum absolute atomic E-state index is 13.5. The molecule has 2 heterocycles. The highest BCUT2D eigenvalue weighted by atomic mass is 19.1. The Morgan fingerprint density at radius 2 is 2.37 bits per heavy atom. The van der Waals surface area contributed by atoms with Crippen molar-refractivity contribution in [3.8, 4) is 11.4 Å². The van der Waals surface area contributed by atoms with Crippen molar-refractivity contribution >= 4 is 5.69 Å². The van der Waals surface area contributed by atoms with E-state index in [1.165, 1.54) is 12.1 Å². The van der Waals surface area contributed by atoms with Crippen LogP contribution >= 0.6 is 0 Å². The van der Waals surface area contributed by atoms with Crippen LogP contribution in [-0.4, -0.2) is 32.9 Å². The van der Waals surface area contributed by atoms with Gasteiger partial charge in [0, 0.05) is 12.2 Å². The van der Waals surface area contributed by atoms with Gasteiger partial charge in [0.15, 0.2) is 5.82 Å². The first-order valence-corrected chi connectivity index (χ1v) is 6.17. The number of nitrogens with zero attached hydrogens (tertiary/aromatic N) is 4. The van der Waals surface area contributed by atoms with Crippen molar-refractivity contribution in [1.29, 1.82) is 0 Å². The number of halogens is 1. The molecule has 2 N–H and O–H groups in total. The maximum atomic E-state index is 13.5. The van der Waals surface area contributed by atoms with E-state index in [1.54, 1.807) is 10.7 Å². The minimum Gasteiger partial charge on any atom is -0.396 e. The van der Waals surface area contributed by atoms with Gasteiger partial charge in [-0.25, -0.2) is 9.07 Å². The quantitative estimate of drug-likeness (QED) is 0.843. The summed E-state index contributed by atoms with van der Waals surface area (Å²) >= 11 is 0. The molecule has 1 fully saturated rings. The monoisotopic (exact) mass is 263 g/mol. The number of hydrogen-bond donors (Lipinski definition) is 1. The van der Waals surface area contributed by atoms with E-state index in [-0.39, 0.29) is 11.8 Å². The Labute approximate surface area is 109 Å². The molecule has 0 spiro atoms. The van der Waals surface area contributed by atoms with Gasteiger partial charge >= 0.3 is 0 Å². The SMILES string of the molecule is Nc1ccc(-c2nnnn2CC2CCCO2)cc1F. The number of ether oxygens (including phenoxy) is 1. The van der Waals surface area contributed by atoms with E-state index in [9.17, 15) is 4.39 Å².